The second-order valence-electron chi connectivity index (χ2n) is 5.18. The van der Waals surface area contributed by atoms with Gasteiger partial charge in [0.25, 0.3) is 0 Å². The summed E-state index contributed by atoms with van der Waals surface area (Å²) >= 11 is 0. The molecule has 1 heterocycles. The fraction of sp³-hybridized carbons (Fsp3) is 0.600. The summed E-state index contributed by atoms with van der Waals surface area (Å²) in [5.74, 6) is 0. The van der Waals surface area contributed by atoms with Crippen LogP contribution >= 0.6 is 0 Å². The maximum Gasteiger partial charge on any atom is 0.0552 e. The van der Waals surface area contributed by atoms with Gasteiger partial charge in [0.15, 0.2) is 0 Å². The van der Waals surface area contributed by atoms with Crippen molar-refractivity contribution < 1.29 is 4.74 Å². The van der Waals surface area contributed by atoms with E-state index in [-0.39, 0.29) is 5.41 Å². The standard InChI is InChI=1S/C15H24N2O/c1-3-17(14-7-5-4-6-8-14)12-15(11-16-2)9-10-18-13-15/h4-8,16H,3,9-13H2,1-2H3. The van der Waals surface area contributed by atoms with E-state index in [2.05, 4.69) is 47.5 Å². The van der Waals surface area contributed by atoms with Crippen LogP contribution in [0.3, 0.4) is 0 Å². The summed E-state index contributed by atoms with van der Waals surface area (Å²) in [6.45, 7) is 7.11. The number of para-hydroxylation sites is 1. The van der Waals surface area contributed by atoms with E-state index in [4.69, 9.17) is 4.74 Å². The zero-order valence-corrected chi connectivity index (χ0v) is 11.5. The number of rotatable bonds is 6. The van der Waals surface area contributed by atoms with Crippen molar-refractivity contribution in [3.8, 4) is 0 Å². The van der Waals surface area contributed by atoms with Crippen LogP contribution in [0.4, 0.5) is 5.69 Å². The monoisotopic (exact) mass is 248 g/mol. The van der Waals surface area contributed by atoms with E-state index in [1.54, 1.807) is 0 Å². The Balaban J connectivity index is 2.09. The van der Waals surface area contributed by atoms with Crippen molar-refractivity contribution in [3.63, 3.8) is 0 Å². The van der Waals surface area contributed by atoms with Crippen molar-refractivity contribution in [1.82, 2.24) is 5.32 Å². The highest BCUT2D eigenvalue weighted by Crippen LogP contribution is 2.30. The fourth-order valence-corrected chi connectivity index (χ4v) is 2.77. The molecule has 1 aliphatic rings. The van der Waals surface area contributed by atoms with Crippen LogP contribution in [0.15, 0.2) is 30.3 Å². The van der Waals surface area contributed by atoms with E-state index in [1.807, 2.05) is 7.05 Å². The first-order valence-electron chi connectivity index (χ1n) is 6.82. The van der Waals surface area contributed by atoms with Crippen LogP contribution in [0.25, 0.3) is 0 Å². The minimum absolute atomic E-state index is 0.264. The van der Waals surface area contributed by atoms with Crippen molar-refractivity contribution in [1.29, 1.82) is 0 Å². The lowest BCUT2D eigenvalue weighted by molar-refractivity contribution is 0.153. The van der Waals surface area contributed by atoms with E-state index in [0.29, 0.717) is 0 Å². The smallest absolute Gasteiger partial charge is 0.0552 e. The first-order chi connectivity index (χ1) is 8.79. The minimum Gasteiger partial charge on any atom is -0.381 e. The Morgan fingerprint density at radius 1 is 1.33 bits per heavy atom. The summed E-state index contributed by atoms with van der Waals surface area (Å²) in [6.07, 6.45) is 1.15. The quantitative estimate of drug-likeness (QED) is 0.835. The predicted molar refractivity (Wildman–Crippen MR) is 76.1 cm³/mol. The van der Waals surface area contributed by atoms with Crippen molar-refractivity contribution >= 4 is 5.69 Å². The molecule has 1 N–H and O–H groups in total. The topological polar surface area (TPSA) is 24.5 Å². The zero-order valence-electron chi connectivity index (χ0n) is 11.5. The molecule has 1 aromatic rings. The number of benzene rings is 1. The van der Waals surface area contributed by atoms with Gasteiger partial charge in [-0.3, -0.25) is 0 Å². The van der Waals surface area contributed by atoms with Crippen LogP contribution in [0, 0.1) is 5.41 Å². The van der Waals surface area contributed by atoms with Crippen LogP contribution in [-0.2, 0) is 4.74 Å². The molecule has 1 atom stereocenters. The molecular weight excluding hydrogens is 224 g/mol. The Morgan fingerprint density at radius 2 is 2.11 bits per heavy atom. The average molecular weight is 248 g/mol. The van der Waals surface area contributed by atoms with Gasteiger partial charge < -0.3 is 15.0 Å². The molecule has 100 valence electrons. The Bertz CT molecular complexity index is 347. The highest BCUT2D eigenvalue weighted by Gasteiger charge is 2.35. The van der Waals surface area contributed by atoms with Crippen molar-refractivity contribution in [2.24, 2.45) is 5.41 Å². The second-order valence-corrected chi connectivity index (χ2v) is 5.18. The van der Waals surface area contributed by atoms with Gasteiger partial charge in [-0.05, 0) is 32.5 Å². The Labute approximate surface area is 110 Å². The third-order valence-corrected chi connectivity index (χ3v) is 3.77. The average Bonchev–Trinajstić information content (AvgIpc) is 2.86. The maximum absolute atomic E-state index is 5.63. The van der Waals surface area contributed by atoms with Crippen molar-refractivity contribution in [2.45, 2.75) is 13.3 Å². The third kappa shape index (κ3) is 3.03. The molecular formula is C15H24N2O. The Hall–Kier alpha value is -1.06. The molecule has 2 rings (SSSR count). The summed E-state index contributed by atoms with van der Waals surface area (Å²) in [6, 6.07) is 10.7. The van der Waals surface area contributed by atoms with Crippen LogP contribution in [0.5, 0.6) is 0 Å². The molecule has 1 aliphatic heterocycles. The highest BCUT2D eigenvalue weighted by atomic mass is 16.5. The van der Waals surface area contributed by atoms with E-state index in [9.17, 15) is 0 Å². The molecule has 0 aromatic heterocycles. The van der Waals surface area contributed by atoms with Gasteiger partial charge in [0.1, 0.15) is 0 Å². The highest BCUT2D eigenvalue weighted by molar-refractivity contribution is 5.46. The van der Waals surface area contributed by atoms with Crippen LogP contribution in [0.1, 0.15) is 13.3 Å². The molecule has 1 unspecified atom stereocenters. The Kier molecular flexibility index (Phi) is 4.61. The molecule has 3 heteroatoms. The molecule has 0 radical (unpaired) electrons. The van der Waals surface area contributed by atoms with E-state index in [1.165, 1.54) is 5.69 Å². The largest absolute Gasteiger partial charge is 0.381 e. The van der Waals surface area contributed by atoms with Gasteiger partial charge in [-0.2, -0.15) is 0 Å². The molecule has 0 saturated carbocycles. The van der Waals surface area contributed by atoms with Gasteiger partial charge in [-0.15, -0.1) is 0 Å². The first-order valence-corrected chi connectivity index (χ1v) is 6.82. The number of nitrogens with zero attached hydrogens (tertiary/aromatic N) is 1. The maximum atomic E-state index is 5.63. The molecule has 18 heavy (non-hydrogen) atoms. The van der Waals surface area contributed by atoms with E-state index >= 15 is 0 Å². The lowest BCUT2D eigenvalue weighted by Crippen LogP contribution is -2.44. The number of nitrogens with one attached hydrogen (secondary N) is 1. The molecule has 1 saturated heterocycles. The lowest BCUT2D eigenvalue weighted by Gasteiger charge is -2.35. The van der Waals surface area contributed by atoms with Crippen molar-refractivity contribution in [2.75, 3.05) is 44.8 Å². The Morgan fingerprint density at radius 3 is 2.67 bits per heavy atom. The van der Waals surface area contributed by atoms with Gasteiger partial charge in [0.05, 0.1) is 6.61 Å². The molecule has 0 amide bonds. The molecule has 1 aromatic carbocycles. The normalized spacial score (nSPS) is 23.2. The fourth-order valence-electron chi connectivity index (χ4n) is 2.77. The molecule has 0 bridgehead atoms. The van der Waals surface area contributed by atoms with Gasteiger partial charge in [-0.25, -0.2) is 0 Å². The summed E-state index contributed by atoms with van der Waals surface area (Å²) in [4.78, 5) is 2.45. The van der Waals surface area contributed by atoms with Gasteiger partial charge >= 0.3 is 0 Å². The minimum atomic E-state index is 0.264. The van der Waals surface area contributed by atoms with E-state index < -0.39 is 0 Å². The summed E-state index contributed by atoms with van der Waals surface area (Å²) < 4.78 is 5.63. The predicted octanol–water partition coefficient (Wildman–Crippen LogP) is 2.14. The molecule has 0 aliphatic carbocycles. The third-order valence-electron chi connectivity index (χ3n) is 3.77. The van der Waals surface area contributed by atoms with Crippen molar-refractivity contribution in [3.05, 3.63) is 30.3 Å². The molecule has 0 spiro atoms. The number of anilines is 1. The number of hydrogen-bond acceptors (Lipinski definition) is 3. The summed E-state index contributed by atoms with van der Waals surface area (Å²) in [5, 5.41) is 3.32. The molecule has 1 fully saturated rings. The number of ether oxygens (including phenoxy) is 1. The van der Waals surface area contributed by atoms with Crippen LogP contribution in [0.2, 0.25) is 0 Å². The van der Waals surface area contributed by atoms with E-state index in [0.717, 1.165) is 39.3 Å². The number of hydrogen-bond donors (Lipinski definition) is 1. The second kappa shape index (κ2) is 6.21. The first kappa shape index (κ1) is 13.4. The van der Waals surface area contributed by atoms with Gasteiger partial charge in [0.2, 0.25) is 0 Å². The van der Waals surface area contributed by atoms with Crippen LogP contribution < -0.4 is 10.2 Å². The van der Waals surface area contributed by atoms with Crippen LogP contribution in [-0.4, -0.2) is 39.9 Å². The summed E-state index contributed by atoms with van der Waals surface area (Å²) in [7, 11) is 2.03. The zero-order chi connectivity index (χ0) is 12.8. The summed E-state index contributed by atoms with van der Waals surface area (Å²) in [5.41, 5.74) is 1.57. The SMILES string of the molecule is CCN(CC1(CNC)CCOC1)c1ccccc1. The lowest BCUT2D eigenvalue weighted by atomic mass is 9.86. The van der Waals surface area contributed by atoms with Gasteiger partial charge in [0, 0.05) is 37.3 Å². The molecule has 3 nitrogen and oxygen atoms in total. The van der Waals surface area contributed by atoms with Gasteiger partial charge in [-0.1, -0.05) is 18.2 Å².